The minimum atomic E-state index is -0.502. The fourth-order valence-corrected chi connectivity index (χ4v) is 4.71. The first kappa shape index (κ1) is 17.0. The summed E-state index contributed by atoms with van der Waals surface area (Å²) in [5, 5.41) is 1.02. The number of pyridine rings is 1. The Kier molecular flexibility index (Phi) is 3.59. The molecule has 0 saturated carbocycles. The Balaban J connectivity index is 1.40. The summed E-state index contributed by atoms with van der Waals surface area (Å²) in [7, 11) is 3.76. The van der Waals surface area contributed by atoms with Crippen LogP contribution in [0.2, 0.25) is 0 Å². The number of nitrogens with zero attached hydrogens (tertiary/aromatic N) is 4. The lowest BCUT2D eigenvalue weighted by Gasteiger charge is -2.38. The number of likely N-dealkylation sites (tertiary alicyclic amines) is 1. The number of carbonyl (C=O) groups is 2. The number of likely N-dealkylation sites (N-methyl/N-ethyl adjacent to an activating group) is 1. The highest BCUT2D eigenvalue weighted by Gasteiger charge is 2.51. The SMILES string of the molecule is CN1C(=O)C2(CCN(C(=O)c3ccc4ccn(C)c4n3)CC2)c2ccccc21. The summed E-state index contributed by atoms with van der Waals surface area (Å²) in [6.07, 6.45) is 3.23. The van der Waals surface area contributed by atoms with Crippen LogP contribution < -0.4 is 4.90 Å². The van der Waals surface area contributed by atoms with Crippen LogP contribution in [0.5, 0.6) is 0 Å². The smallest absolute Gasteiger partial charge is 0.272 e. The van der Waals surface area contributed by atoms with Crippen molar-refractivity contribution in [1.82, 2.24) is 14.5 Å². The third-order valence-electron chi connectivity index (χ3n) is 6.34. The number of rotatable bonds is 1. The Hall–Kier alpha value is -3.15. The summed E-state index contributed by atoms with van der Waals surface area (Å²) < 4.78 is 1.92. The standard InChI is InChI=1S/C22H22N4O2/c1-24-12-9-15-7-8-17(23-19(15)24)20(27)26-13-10-22(11-14-26)16-5-3-4-6-18(16)25(2)21(22)28/h3-9,12H,10-11,13-14H2,1-2H3. The van der Waals surface area contributed by atoms with Crippen LogP contribution in [0.4, 0.5) is 5.69 Å². The molecule has 0 N–H and O–H groups in total. The summed E-state index contributed by atoms with van der Waals surface area (Å²) >= 11 is 0. The van der Waals surface area contributed by atoms with Gasteiger partial charge in [0.05, 0.1) is 5.41 Å². The fraction of sp³-hybridized carbons (Fsp3) is 0.318. The van der Waals surface area contributed by atoms with Gasteiger partial charge in [0.15, 0.2) is 0 Å². The van der Waals surface area contributed by atoms with Gasteiger partial charge in [-0.1, -0.05) is 18.2 Å². The number of aromatic nitrogens is 2. The average Bonchev–Trinajstić information content (AvgIpc) is 3.20. The first-order valence-electron chi connectivity index (χ1n) is 9.60. The van der Waals surface area contributed by atoms with E-state index in [9.17, 15) is 9.59 Å². The van der Waals surface area contributed by atoms with Gasteiger partial charge in [0, 0.05) is 44.5 Å². The Morgan fingerprint density at radius 3 is 2.57 bits per heavy atom. The van der Waals surface area contributed by atoms with E-state index in [0.29, 0.717) is 31.6 Å². The number of anilines is 1. The molecule has 1 fully saturated rings. The van der Waals surface area contributed by atoms with Crippen LogP contribution in [-0.2, 0) is 17.3 Å². The van der Waals surface area contributed by atoms with Gasteiger partial charge >= 0.3 is 0 Å². The molecule has 0 unspecified atom stereocenters. The molecule has 1 aromatic carbocycles. The second-order valence-corrected chi connectivity index (χ2v) is 7.79. The molecule has 6 nitrogen and oxygen atoms in total. The first-order valence-corrected chi connectivity index (χ1v) is 9.60. The highest BCUT2D eigenvalue weighted by Crippen LogP contribution is 2.47. The topological polar surface area (TPSA) is 58.4 Å². The predicted molar refractivity (Wildman–Crippen MR) is 107 cm³/mol. The highest BCUT2D eigenvalue weighted by molar-refractivity contribution is 6.08. The van der Waals surface area contributed by atoms with E-state index >= 15 is 0 Å². The van der Waals surface area contributed by atoms with E-state index in [1.807, 2.05) is 60.1 Å². The number of hydrogen-bond acceptors (Lipinski definition) is 3. The number of amides is 2. The van der Waals surface area contributed by atoms with Crippen molar-refractivity contribution in [2.45, 2.75) is 18.3 Å². The van der Waals surface area contributed by atoms with Crippen molar-refractivity contribution in [3.63, 3.8) is 0 Å². The van der Waals surface area contributed by atoms with Crippen molar-refractivity contribution in [3.05, 3.63) is 59.9 Å². The molecule has 1 saturated heterocycles. The largest absolute Gasteiger partial charge is 0.337 e. The summed E-state index contributed by atoms with van der Waals surface area (Å²) in [5.41, 5.74) is 2.85. The van der Waals surface area contributed by atoms with Gasteiger partial charge in [-0.05, 0) is 42.7 Å². The zero-order valence-electron chi connectivity index (χ0n) is 16.1. The zero-order chi connectivity index (χ0) is 19.5. The molecular formula is C22H22N4O2. The molecule has 142 valence electrons. The van der Waals surface area contributed by atoms with E-state index in [-0.39, 0.29) is 11.8 Å². The Morgan fingerprint density at radius 2 is 1.79 bits per heavy atom. The minimum absolute atomic E-state index is 0.0648. The molecule has 2 amide bonds. The number of piperidine rings is 1. The maximum atomic E-state index is 13.0. The van der Waals surface area contributed by atoms with E-state index in [1.54, 1.807) is 11.0 Å². The Bertz CT molecular complexity index is 1110. The van der Waals surface area contributed by atoms with Crippen LogP contribution in [-0.4, -0.2) is 46.4 Å². The van der Waals surface area contributed by atoms with Crippen LogP contribution >= 0.6 is 0 Å². The number of fused-ring (bicyclic) bond motifs is 3. The average molecular weight is 374 g/mol. The lowest BCUT2D eigenvalue weighted by Crippen LogP contribution is -2.49. The van der Waals surface area contributed by atoms with Gasteiger partial charge in [-0.2, -0.15) is 0 Å². The summed E-state index contributed by atoms with van der Waals surface area (Å²) in [5.74, 6) is 0.0780. The van der Waals surface area contributed by atoms with E-state index in [1.165, 1.54) is 0 Å². The minimum Gasteiger partial charge on any atom is -0.337 e. The van der Waals surface area contributed by atoms with Gasteiger partial charge in [0.1, 0.15) is 11.3 Å². The molecule has 2 aliphatic heterocycles. The van der Waals surface area contributed by atoms with Gasteiger partial charge < -0.3 is 14.4 Å². The van der Waals surface area contributed by atoms with Crippen molar-refractivity contribution < 1.29 is 9.59 Å². The molecular weight excluding hydrogens is 352 g/mol. The number of carbonyl (C=O) groups excluding carboxylic acids is 2. The Labute approximate surface area is 163 Å². The lowest BCUT2D eigenvalue weighted by molar-refractivity contribution is -0.124. The number of hydrogen-bond donors (Lipinski definition) is 0. The van der Waals surface area contributed by atoms with E-state index in [4.69, 9.17) is 0 Å². The lowest BCUT2D eigenvalue weighted by atomic mass is 9.73. The van der Waals surface area contributed by atoms with E-state index in [2.05, 4.69) is 11.1 Å². The molecule has 0 atom stereocenters. The third-order valence-corrected chi connectivity index (χ3v) is 6.34. The monoisotopic (exact) mass is 374 g/mol. The number of benzene rings is 1. The molecule has 4 heterocycles. The quantitative estimate of drug-likeness (QED) is 0.658. The second-order valence-electron chi connectivity index (χ2n) is 7.79. The maximum Gasteiger partial charge on any atom is 0.272 e. The van der Waals surface area contributed by atoms with Gasteiger partial charge in [0.2, 0.25) is 5.91 Å². The van der Waals surface area contributed by atoms with Crippen molar-refractivity contribution >= 4 is 28.5 Å². The van der Waals surface area contributed by atoms with Crippen LogP contribution in [0, 0.1) is 0 Å². The van der Waals surface area contributed by atoms with Gasteiger partial charge in [-0.15, -0.1) is 0 Å². The molecule has 6 heteroatoms. The normalized spacial score (nSPS) is 18.1. The molecule has 0 aliphatic carbocycles. The number of aryl methyl sites for hydroxylation is 1. The predicted octanol–water partition coefficient (Wildman–Crippen LogP) is 2.72. The van der Waals surface area contributed by atoms with Crippen LogP contribution in [0.3, 0.4) is 0 Å². The molecule has 28 heavy (non-hydrogen) atoms. The van der Waals surface area contributed by atoms with Gasteiger partial charge in [-0.25, -0.2) is 4.98 Å². The van der Waals surface area contributed by atoms with Crippen molar-refractivity contribution in [2.24, 2.45) is 7.05 Å². The third kappa shape index (κ3) is 2.24. The van der Waals surface area contributed by atoms with Crippen molar-refractivity contribution in [2.75, 3.05) is 25.0 Å². The van der Waals surface area contributed by atoms with Crippen LogP contribution in [0.15, 0.2) is 48.7 Å². The highest BCUT2D eigenvalue weighted by atomic mass is 16.2. The first-order chi connectivity index (χ1) is 13.5. The summed E-state index contributed by atoms with van der Waals surface area (Å²) in [6.45, 7) is 1.11. The zero-order valence-corrected chi connectivity index (χ0v) is 16.1. The molecule has 0 bridgehead atoms. The molecule has 2 aromatic heterocycles. The number of para-hydroxylation sites is 1. The van der Waals surface area contributed by atoms with Crippen molar-refractivity contribution in [1.29, 1.82) is 0 Å². The molecule has 1 spiro atoms. The maximum absolute atomic E-state index is 13.0. The van der Waals surface area contributed by atoms with Crippen LogP contribution in [0.25, 0.3) is 11.0 Å². The van der Waals surface area contributed by atoms with Gasteiger partial charge in [-0.3, -0.25) is 9.59 Å². The second kappa shape index (κ2) is 5.92. The summed E-state index contributed by atoms with van der Waals surface area (Å²) in [6, 6.07) is 13.7. The molecule has 5 rings (SSSR count). The van der Waals surface area contributed by atoms with Crippen molar-refractivity contribution in [3.8, 4) is 0 Å². The molecule has 0 radical (unpaired) electrons. The van der Waals surface area contributed by atoms with Crippen LogP contribution in [0.1, 0.15) is 28.9 Å². The summed E-state index contributed by atoms with van der Waals surface area (Å²) in [4.78, 5) is 34.2. The fourth-order valence-electron chi connectivity index (χ4n) is 4.71. The Morgan fingerprint density at radius 1 is 1.04 bits per heavy atom. The molecule has 3 aromatic rings. The van der Waals surface area contributed by atoms with E-state index in [0.717, 1.165) is 22.3 Å². The molecule has 2 aliphatic rings. The van der Waals surface area contributed by atoms with Gasteiger partial charge in [0.25, 0.3) is 5.91 Å². The van der Waals surface area contributed by atoms with E-state index < -0.39 is 5.41 Å².